The fourth-order valence-corrected chi connectivity index (χ4v) is 1.51. The molecule has 1 atom stereocenters. The van der Waals surface area contributed by atoms with E-state index in [-0.39, 0.29) is 0 Å². The molecule has 1 unspecified atom stereocenters. The first kappa shape index (κ1) is 12.9. The standard InChI is InChI=1S/C11H26N2/c1-5-8-12-9-11(4)10-13(6-2)7-3/h11-12H,5-10H2,1-4H3. The van der Waals surface area contributed by atoms with E-state index in [4.69, 9.17) is 0 Å². The van der Waals surface area contributed by atoms with Crippen LogP contribution in [0, 0.1) is 5.92 Å². The van der Waals surface area contributed by atoms with Gasteiger partial charge in [0.05, 0.1) is 0 Å². The molecule has 13 heavy (non-hydrogen) atoms. The van der Waals surface area contributed by atoms with Crippen molar-refractivity contribution in [2.45, 2.75) is 34.1 Å². The number of nitrogens with one attached hydrogen (secondary N) is 1. The van der Waals surface area contributed by atoms with Gasteiger partial charge in [0.1, 0.15) is 0 Å². The molecule has 2 nitrogen and oxygen atoms in total. The van der Waals surface area contributed by atoms with E-state index in [0.29, 0.717) is 0 Å². The summed E-state index contributed by atoms with van der Waals surface area (Å²) in [5.41, 5.74) is 0. The lowest BCUT2D eigenvalue weighted by molar-refractivity contribution is 0.257. The highest BCUT2D eigenvalue weighted by molar-refractivity contribution is 4.62. The van der Waals surface area contributed by atoms with Gasteiger partial charge in [-0.1, -0.05) is 27.7 Å². The van der Waals surface area contributed by atoms with Crippen LogP contribution in [0.5, 0.6) is 0 Å². The highest BCUT2D eigenvalue weighted by atomic mass is 15.1. The zero-order valence-corrected chi connectivity index (χ0v) is 9.77. The molecular weight excluding hydrogens is 160 g/mol. The Bertz CT molecular complexity index is 100. The molecule has 0 amide bonds. The number of hydrogen-bond acceptors (Lipinski definition) is 2. The lowest BCUT2D eigenvalue weighted by atomic mass is 10.1. The summed E-state index contributed by atoms with van der Waals surface area (Å²) in [6.45, 7) is 14.9. The number of hydrogen-bond donors (Lipinski definition) is 1. The van der Waals surface area contributed by atoms with Crippen molar-refractivity contribution in [2.75, 3.05) is 32.7 Å². The first-order valence-corrected chi connectivity index (χ1v) is 5.67. The molecule has 0 rings (SSSR count). The molecule has 0 aromatic carbocycles. The molecule has 0 aromatic rings. The Morgan fingerprint density at radius 2 is 1.77 bits per heavy atom. The predicted octanol–water partition coefficient (Wildman–Crippen LogP) is 1.96. The van der Waals surface area contributed by atoms with Crippen LogP contribution in [-0.4, -0.2) is 37.6 Å². The van der Waals surface area contributed by atoms with Gasteiger partial charge in [0.2, 0.25) is 0 Å². The lowest BCUT2D eigenvalue weighted by Crippen LogP contribution is -2.33. The topological polar surface area (TPSA) is 15.3 Å². The molecule has 0 bridgehead atoms. The average Bonchev–Trinajstić information content (AvgIpc) is 2.14. The Labute approximate surface area is 83.7 Å². The van der Waals surface area contributed by atoms with Crippen molar-refractivity contribution in [3.8, 4) is 0 Å². The van der Waals surface area contributed by atoms with Crippen LogP contribution in [0.15, 0.2) is 0 Å². The molecule has 0 radical (unpaired) electrons. The van der Waals surface area contributed by atoms with Gasteiger partial charge in [-0.2, -0.15) is 0 Å². The van der Waals surface area contributed by atoms with Gasteiger partial charge in [0, 0.05) is 6.54 Å². The van der Waals surface area contributed by atoms with Crippen molar-refractivity contribution in [1.82, 2.24) is 10.2 Å². The van der Waals surface area contributed by atoms with Crippen LogP contribution in [-0.2, 0) is 0 Å². The van der Waals surface area contributed by atoms with E-state index in [1.165, 1.54) is 26.1 Å². The van der Waals surface area contributed by atoms with Crippen LogP contribution >= 0.6 is 0 Å². The molecule has 0 fully saturated rings. The minimum atomic E-state index is 0.770. The third kappa shape index (κ3) is 7.03. The summed E-state index contributed by atoms with van der Waals surface area (Å²) in [6.07, 6.45) is 1.23. The van der Waals surface area contributed by atoms with Crippen molar-refractivity contribution in [2.24, 2.45) is 5.92 Å². The average molecular weight is 186 g/mol. The van der Waals surface area contributed by atoms with Gasteiger partial charge in [-0.25, -0.2) is 0 Å². The van der Waals surface area contributed by atoms with Gasteiger partial charge in [-0.05, 0) is 38.5 Å². The van der Waals surface area contributed by atoms with E-state index in [2.05, 4.69) is 37.9 Å². The highest BCUT2D eigenvalue weighted by Gasteiger charge is 2.05. The molecule has 0 spiro atoms. The smallest absolute Gasteiger partial charge is 0.00189 e. The lowest BCUT2D eigenvalue weighted by Gasteiger charge is -2.22. The summed E-state index contributed by atoms with van der Waals surface area (Å²) in [5.74, 6) is 0.770. The van der Waals surface area contributed by atoms with Gasteiger partial charge in [-0.3, -0.25) is 0 Å². The molecule has 0 aliphatic carbocycles. The molecule has 0 saturated heterocycles. The Kier molecular flexibility index (Phi) is 8.46. The van der Waals surface area contributed by atoms with E-state index < -0.39 is 0 Å². The second kappa shape index (κ2) is 8.52. The molecule has 0 heterocycles. The maximum absolute atomic E-state index is 3.46. The summed E-state index contributed by atoms with van der Waals surface area (Å²) in [7, 11) is 0. The highest BCUT2D eigenvalue weighted by Crippen LogP contribution is 1.97. The zero-order valence-electron chi connectivity index (χ0n) is 9.77. The van der Waals surface area contributed by atoms with Crippen molar-refractivity contribution >= 4 is 0 Å². The van der Waals surface area contributed by atoms with Crippen LogP contribution in [0.3, 0.4) is 0 Å². The molecular formula is C11H26N2. The minimum Gasteiger partial charge on any atom is -0.316 e. The summed E-state index contributed by atoms with van der Waals surface area (Å²) >= 11 is 0. The second-order valence-electron chi connectivity index (χ2n) is 3.80. The normalized spacial score (nSPS) is 13.6. The van der Waals surface area contributed by atoms with E-state index in [1.807, 2.05) is 0 Å². The van der Waals surface area contributed by atoms with Gasteiger partial charge < -0.3 is 10.2 Å². The van der Waals surface area contributed by atoms with E-state index >= 15 is 0 Å². The van der Waals surface area contributed by atoms with Crippen LogP contribution in [0.4, 0.5) is 0 Å². The Morgan fingerprint density at radius 1 is 1.15 bits per heavy atom. The maximum atomic E-state index is 3.46. The van der Waals surface area contributed by atoms with E-state index in [0.717, 1.165) is 19.0 Å². The number of nitrogens with zero attached hydrogens (tertiary/aromatic N) is 1. The molecule has 0 saturated carbocycles. The molecule has 1 N–H and O–H groups in total. The first-order valence-electron chi connectivity index (χ1n) is 5.67. The van der Waals surface area contributed by atoms with Crippen LogP contribution in [0.2, 0.25) is 0 Å². The SMILES string of the molecule is CCCNCC(C)CN(CC)CC. The summed E-state index contributed by atoms with van der Waals surface area (Å²) < 4.78 is 0. The van der Waals surface area contributed by atoms with Crippen molar-refractivity contribution in [1.29, 1.82) is 0 Å². The van der Waals surface area contributed by atoms with Gasteiger partial charge >= 0.3 is 0 Å². The minimum absolute atomic E-state index is 0.770. The molecule has 0 aromatic heterocycles. The van der Waals surface area contributed by atoms with Crippen LogP contribution in [0.1, 0.15) is 34.1 Å². The van der Waals surface area contributed by atoms with E-state index in [9.17, 15) is 0 Å². The van der Waals surface area contributed by atoms with Gasteiger partial charge in [0.25, 0.3) is 0 Å². The Balaban J connectivity index is 3.42. The van der Waals surface area contributed by atoms with Gasteiger partial charge in [0.15, 0.2) is 0 Å². The van der Waals surface area contributed by atoms with Crippen LogP contribution < -0.4 is 5.32 Å². The molecule has 0 aliphatic rings. The number of rotatable bonds is 8. The Hall–Kier alpha value is -0.0800. The van der Waals surface area contributed by atoms with E-state index in [1.54, 1.807) is 0 Å². The fourth-order valence-electron chi connectivity index (χ4n) is 1.51. The third-order valence-electron chi connectivity index (χ3n) is 2.38. The summed E-state index contributed by atoms with van der Waals surface area (Å²) in [5, 5.41) is 3.46. The van der Waals surface area contributed by atoms with Crippen LogP contribution in [0.25, 0.3) is 0 Å². The fraction of sp³-hybridized carbons (Fsp3) is 1.00. The largest absolute Gasteiger partial charge is 0.316 e. The van der Waals surface area contributed by atoms with Crippen molar-refractivity contribution in [3.05, 3.63) is 0 Å². The summed E-state index contributed by atoms with van der Waals surface area (Å²) in [6, 6.07) is 0. The van der Waals surface area contributed by atoms with Crippen molar-refractivity contribution < 1.29 is 0 Å². The first-order chi connectivity index (χ1) is 6.24. The molecule has 0 aliphatic heterocycles. The third-order valence-corrected chi connectivity index (χ3v) is 2.38. The molecule has 80 valence electrons. The predicted molar refractivity (Wildman–Crippen MR) is 60.1 cm³/mol. The second-order valence-corrected chi connectivity index (χ2v) is 3.80. The molecule has 2 heteroatoms. The Morgan fingerprint density at radius 3 is 2.23 bits per heavy atom. The maximum Gasteiger partial charge on any atom is 0.00189 e. The summed E-state index contributed by atoms with van der Waals surface area (Å²) in [4.78, 5) is 2.48. The van der Waals surface area contributed by atoms with Gasteiger partial charge in [-0.15, -0.1) is 0 Å². The monoisotopic (exact) mass is 186 g/mol. The quantitative estimate of drug-likeness (QED) is 0.583. The van der Waals surface area contributed by atoms with Crippen molar-refractivity contribution in [3.63, 3.8) is 0 Å². The zero-order chi connectivity index (χ0) is 10.1.